The minimum Gasteiger partial charge on any atom is -0.423 e. The Bertz CT molecular complexity index is 1240. The summed E-state index contributed by atoms with van der Waals surface area (Å²) >= 11 is 0. The lowest BCUT2D eigenvalue weighted by Crippen LogP contribution is -2.47. The van der Waals surface area contributed by atoms with Crippen LogP contribution in [0, 0.1) is 12.8 Å². The van der Waals surface area contributed by atoms with E-state index in [0.29, 0.717) is 28.8 Å². The van der Waals surface area contributed by atoms with Crippen LogP contribution in [0.5, 0.6) is 0 Å². The van der Waals surface area contributed by atoms with Gasteiger partial charge < -0.3 is 9.73 Å². The Morgan fingerprint density at radius 2 is 1.65 bits per heavy atom. The fourth-order valence-corrected chi connectivity index (χ4v) is 3.90. The maximum Gasteiger partial charge on any atom is 0.336 e. The molecule has 0 radical (unpaired) electrons. The van der Waals surface area contributed by atoms with Gasteiger partial charge in [0.2, 0.25) is 5.91 Å². The summed E-state index contributed by atoms with van der Waals surface area (Å²) in [6, 6.07) is 12.0. The molecule has 3 aromatic rings. The molecule has 7 heteroatoms. The third kappa shape index (κ3) is 3.74. The zero-order chi connectivity index (χ0) is 22.3. The van der Waals surface area contributed by atoms with Crippen molar-refractivity contribution in [1.82, 2.24) is 4.90 Å². The quantitative estimate of drug-likeness (QED) is 0.503. The molecule has 1 N–H and O–H groups in total. The van der Waals surface area contributed by atoms with Gasteiger partial charge in [-0.2, -0.15) is 0 Å². The first-order valence-electron chi connectivity index (χ1n) is 10.1. The number of amides is 3. The van der Waals surface area contributed by atoms with E-state index in [-0.39, 0.29) is 5.92 Å². The fraction of sp³-hybridized carbons (Fsp3) is 0.250. The molecule has 1 unspecified atom stereocenters. The Morgan fingerprint density at radius 1 is 1.00 bits per heavy atom. The van der Waals surface area contributed by atoms with Gasteiger partial charge in [0.15, 0.2) is 0 Å². The summed E-state index contributed by atoms with van der Waals surface area (Å²) in [5.41, 5.74) is 1.67. The molecular weight excluding hydrogens is 396 g/mol. The van der Waals surface area contributed by atoms with E-state index in [9.17, 15) is 19.2 Å². The first-order valence-corrected chi connectivity index (χ1v) is 10.1. The second-order valence-electron chi connectivity index (χ2n) is 8.12. The number of anilines is 1. The second-order valence-corrected chi connectivity index (χ2v) is 8.12. The third-order valence-corrected chi connectivity index (χ3v) is 5.35. The molecule has 0 aliphatic carbocycles. The molecule has 4 rings (SSSR count). The van der Waals surface area contributed by atoms with Gasteiger partial charge in [-0.1, -0.05) is 26.0 Å². The van der Waals surface area contributed by atoms with Crippen molar-refractivity contribution in [1.29, 1.82) is 0 Å². The van der Waals surface area contributed by atoms with Crippen LogP contribution in [0.1, 0.15) is 46.5 Å². The number of carbonyl (C=O) groups excluding carboxylic acids is 3. The average Bonchev–Trinajstić information content (AvgIpc) is 2.96. The molecule has 0 spiro atoms. The molecule has 3 amide bonds. The zero-order valence-corrected chi connectivity index (χ0v) is 17.5. The van der Waals surface area contributed by atoms with E-state index in [1.54, 1.807) is 49.4 Å². The van der Waals surface area contributed by atoms with Gasteiger partial charge in [0.1, 0.15) is 11.6 Å². The monoisotopic (exact) mass is 418 g/mol. The Kier molecular flexibility index (Phi) is 5.19. The van der Waals surface area contributed by atoms with Crippen molar-refractivity contribution >= 4 is 34.4 Å². The number of nitrogens with one attached hydrogen (secondary N) is 1. The minimum atomic E-state index is -0.965. The second kappa shape index (κ2) is 7.83. The Hall–Kier alpha value is -3.74. The first kappa shape index (κ1) is 20.5. The summed E-state index contributed by atoms with van der Waals surface area (Å²) < 4.78 is 5.24. The summed E-state index contributed by atoms with van der Waals surface area (Å²) in [6.07, 6.45) is 0.319. The number of rotatable bonds is 5. The predicted octanol–water partition coefficient (Wildman–Crippen LogP) is 3.75. The van der Waals surface area contributed by atoms with Gasteiger partial charge in [-0.25, -0.2) is 4.79 Å². The molecule has 1 atom stereocenters. The van der Waals surface area contributed by atoms with Crippen LogP contribution >= 0.6 is 0 Å². The highest BCUT2D eigenvalue weighted by Crippen LogP contribution is 2.28. The highest BCUT2D eigenvalue weighted by atomic mass is 16.4. The summed E-state index contributed by atoms with van der Waals surface area (Å²) in [5, 5.41) is 3.54. The van der Waals surface area contributed by atoms with E-state index < -0.39 is 29.4 Å². The van der Waals surface area contributed by atoms with Crippen LogP contribution in [0.25, 0.3) is 11.0 Å². The molecule has 31 heavy (non-hydrogen) atoms. The zero-order valence-electron chi connectivity index (χ0n) is 17.5. The standard InChI is InChI=1S/C24H22N2O5/c1-13(2)10-19(26-23(29)17-6-4-5-7-18(17)24(26)30)22(28)25-15-8-9-16-14(3)11-21(27)31-20(16)12-15/h4-9,11-13,19H,10H2,1-3H3,(H,25,28). The van der Waals surface area contributed by atoms with Crippen LogP contribution in [0.2, 0.25) is 0 Å². The summed E-state index contributed by atoms with van der Waals surface area (Å²) in [5.74, 6) is -1.35. The van der Waals surface area contributed by atoms with E-state index >= 15 is 0 Å². The number of aryl methyl sites for hydroxylation is 1. The van der Waals surface area contributed by atoms with Gasteiger partial charge in [-0.05, 0) is 49.1 Å². The van der Waals surface area contributed by atoms with Crippen LogP contribution in [-0.2, 0) is 4.79 Å². The van der Waals surface area contributed by atoms with Crippen LogP contribution in [0.3, 0.4) is 0 Å². The van der Waals surface area contributed by atoms with E-state index in [0.717, 1.165) is 15.8 Å². The molecule has 7 nitrogen and oxygen atoms in total. The van der Waals surface area contributed by atoms with E-state index in [2.05, 4.69) is 5.32 Å². The van der Waals surface area contributed by atoms with Crippen molar-refractivity contribution in [3.8, 4) is 0 Å². The molecule has 2 aromatic carbocycles. The number of hydrogen-bond acceptors (Lipinski definition) is 5. The Labute approximate surface area is 178 Å². The number of fused-ring (bicyclic) bond motifs is 2. The third-order valence-electron chi connectivity index (χ3n) is 5.35. The molecule has 2 heterocycles. The van der Waals surface area contributed by atoms with Gasteiger partial charge in [0.25, 0.3) is 11.8 Å². The summed E-state index contributed by atoms with van der Waals surface area (Å²) in [6.45, 7) is 5.65. The van der Waals surface area contributed by atoms with Gasteiger partial charge >= 0.3 is 5.63 Å². The van der Waals surface area contributed by atoms with Crippen molar-refractivity contribution < 1.29 is 18.8 Å². The smallest absolute Gasteiger partial charge is 0.336 e. The summed E-state index contributed by atoms with van der Waals surface area (Å²) in [4.78, 5) is 51.8. The van der Waals surface area contributed by atoms with E-state index in [1.807, 2.05) is 13.8 Å². The van der Waals surface area contributed by atoms with Crippen molar-refractivity contribution in [3.05, 3.63) is 75.6 Å². The maximum absolute atomic E-state index is 13.2. The van der Waals surface area contributed by atoms with E-state index in [4.69, 9.17) is 4.42 Å². The normalized spacial score (nSPS) is 14.3. The first-order chi connectivity index (χ1) is 14.8. The average molecular weight is 418 g/mol. The van der Waals surface area contributed by atoms with Crippen LogP contribution in [0.15, 0.2) is 57.7 Å². The largest absolute Gasteiger partial charge is 0.423 e. The Balaban J connectivity index is 1.66. The SMILES string of the molecule is Cc1cc(=O)oc2cc(NC(=O)C(CC(C)C)N3C(=O)c4ccccc4C3=O)ccc12. The van der Waals surface area contributed by atoms with E-state index in [1.165, 1.54) is 6.07 Å². The molecule has 0 bridgehead atoms. The van der Waals surface area contributed by atoms with Crippen molar-refractivity contribution in [2.24, 2.45) is 5.92 Å². The number of benzene rings is 2. The number of hydrogen-bond donors (Lipinski definition) is 1. The van der Waals surface area contributed by atoms with Crippen molar-refractivity contribution in [2.75, 3.05) is 5.32 Å². The molecule has 1 aliphatic heterocycles. The van der Waals surface area contributed by atoms with Crippen LogP contribution in [-0.4, -0.2) is 28.7 Å². The molecule has 0 saturated heterocycles. The van der Waals surface area contributed by atoms with Crippen molar-refractivity contribution in [2.45, 2.75) is 33.2 Å². The molecule has 0 saturated carbocycles. The lowest BCUT2D eigenvalue weighted by Gasteiger charge is -2.26. The lowest BCUT2D eigenvalue weighted by molar-refractivity contribution is -0.120. The van der Waals surface area contributed by atoms with Crippen LogP contribution in [0.4, 0.5) is 5.69 Å². The highest BCUT2D eigenvalue weighted by Gasteiger charge is 2.42. The highest BCUT2D eigenvalue weighted by molar-refractivity contribution is 6.23. The molecule has 0 fully saturated rings. The van der Waals surface area contributed by atoms with Gasteiger partial charge in [-0.15, -0.1) is 0 Å². The molecule has 158 valence electrons. The molecule has 1 aliphatic rings. The fourth-order valence-electron chi connectivity index (χ4n) is 3.90. The topological polar surface area (TPSA) is 96.7 Å². The number of nitrogens with zero attached hydrogens (tertiary/aromatic N) is 1. The molecular formula is C24H22N2O5. The number of carbonyl (C=O) groups is 3. The van der Waals surface area contributed by atoms with Gasteiger partial charge in [0.05, 0.1) is 11.1 Å². The Morgan fingerprint density at radius 3 is 2.26 bits per heavy atom. The lowest BCUT2D eigenvalue weighted by atomic mass is 10.0. The van der Waals surface area contributed by atoms with Gasteiger partial charge in [0, 0.05) is 23.2 Å². The maximum atomic E-state index is 13.2. The summed E-state index contributed by atoms with van der Waals surface area (Å²) in [7, 11) is 0. The van der Waals surface area contributed by atoms with Gasteiger partial charge in [-0.3, -0.25) is 19.3 Å². The minimum absolute atomic E-state index is 0.0670. The predicted molar refractivity (Wildman–Crippen MR) is 116 cm³/mol. The van der Waals surface area contributed by atoms with Crippen molar-refractivity contribution in [3.63, 3.8) is 0 Å². The molecule has 1 aromatic heterocycles. The number of imide groups is 1. The van der Waals surface area contributed by atoms with Crippen LogP contribution < -0.4 is 10.9 Å².